The van der Waals surface area contributed by atoms with Gasteiger partial charge in [-0.15, -0.1) is 0 Å². The monoisotopic (exact) mass is 420 g/mol. The maximum Gasteiger partial charge on any atom is 0.161 e. The van der Waals surface area contributed by atoms with Crippen molar-refractivity contribution in [3.8, 4) is 17.2 Å². The van der Waals surface area contributed by atoms with Gasteiger partial charge in [0, 0.05) is 35.3 Å². The van der Waals surface area contributed by atoms with Crippen LogP contribution in [-0.4, -0.2) is 50.1 Å². The van der Waals surface area contributed by atoms with E-state index < -0.39 is 0 Å². The van der Waals surface area contributed by atoms with Crippen molar-refractivity contribution in [2.45, 2.75) is 0 Å². The second-order valence-electron chi connectivity index (χ2n) is 7.41. The van der Waals surface area contributed by atoms with E-state index in [1.54, 1.807) is 7.11 Å². The van der Waals surface area contributed by atoms with Crippen LogP contribution >= 0.6 is 0 Å². The van der Waals surface area contributed by atoms with Crippen molar-refractivity contribution in [1.29, 1.82) is 0 Å². The van der Waals surface area contributed by atoms with E-state index in [-0.39, 0.29) is 12.5 Å². The number of H-pyrrole nitrogens is 1. The van der Waals surface area contributed by atoms with Gasteiger partial charge in [-0.05, 0) is 30.3 Å². The van der Waals surface area contributed by atoms with Crippen LogP contribution in [0.1, 0.15) is 0 Å². The van der Waals surface area contributed by atoms with E-state index in [1.807, 2.05) is 48.5 Å². The number of aromatic amines is 1. The minimum atomic E-state index is -0.0216. The smallest absolute Gasteiger partial charge is 0.161 e. The van der Waals surface area contributed by atoms with Crippen LogP contribution in [0, 0.1) is 5.92 Å². The van der Waals surface area contributed by atoms with E-state index in [0.29, 0.717) is 26.3 Å². The Morgan fingerprint density at radius 2 is 1.61 bits per heavy atom. The molecular weight excluding hydrogens is 392 g/mol. The summed E-state index contributed by atoms with van der Waals surface area (Å²) in [6, 6.07) is 21.8. The number of benzene rings is 3. The zero-order valence-electron chi connectivity index (χ0n) is 17.6. The average molecular weight is 421 g/mol. The third-order valence-electron chi connectivity index (χ3n) is 5.26. The first-order valence-corrected chi connectivity index (χ1v) is 10.5. The first kappa shape index (κ1) is 21.0. The molecular formula is C25H28N2O4. The van der Waals surface area contributed by atoms with Crippen molar-refractivity contribution < 1.29 is 19.3 Å². The number of methoxy groups -OCH3 is 1. The Morgan fingerprint density at radius 3 is 2.45 bits per heavy atom. The molecule has 3 N–H and O–H groups in total. The Bertz CT molecular complexity index is 1120. The molecule has 0 aliphatic carbocycles. The molecule has 6 nitrogen and oxygen atoms in total. The second-order valence-corrected chi connectivity index (χ2v) is 7.41. The molecule has 0 aliphatic heterocycles. The molecule has 1 heterocycles. The van der Waals surface area contributed by atoms with E-state index in [2.05, 4.69) is 28.5 Å². The van der Waals surface area contributed by atoms with E-state index in [1.165, 1.54) is 0 Å². The highest BCUT2D eigenvalue weighted by atomic mass is 16.5. The van der Waals surface area contributed by atoms with Crippen LogP contribution in [0.25, 0.3) is 21.8 Å². The SMILES string of the molecule is COc1ccccc1OCCNCC(CO)COc1cccc2[nH]c3ccccc3c12. The topological polar surface area (TPSA) is 75.7 Å². The molecule has 3 aromatic carbocycles. The molecule has 0 fully saturated rings. The molecule has 0 saturated heterocycles. The molecule has 1 unspecified atom stereocenters. The standard InChI is InChI=1S/C25H28N2O4/c1-29-22-10-4-5-11-23(22)30-14-13-26-15-18(16-28)17-31-24-12-6-9-21-25(24)19-7-2-3-8-20(19)27-21/h2-12,18,26-28H,13-17H2,1H3. The summed E-state index contributed by atoms with van der Waals surface area (Å²) in [6.07, 6.45) is 0. The molecule has 4 aromatic rings. The number of rotatable bonds is 11. The number of hydrogen-bond donors (Lipinski definition) is 3. The van der Waals surface area contributed by atoms with Gasteiger partial charge in [0.15, 0.2) is 11.5 Å². The number of ether oxygens (including phenoxy) is 3. The van der Waals surface area contributed by atoms with Crippen molar-refractivity contribution in [3.05, 3.63) is 66.7 Å². The van der Waals surface area contributed by atoms with Crippen LogP contribution in [0.3, 0.4) is 0 Å². The molecule has 162 valence electrons. The molecule has 1 atom stereocenters. The summed E-state index contributed by atoms with van der Waals surface area (Å²) in [5, 5.41) is 15.3. The summed E-state index contributed by atoms with van der Waals surface area (Å²) in [5.41, 5.74) is 2.13. The first-order valence-electron chi connectivity index (χ1n) is 10.5. The van der Waals surface area contributed by atoms with Crippen molar-refractivity contribution in [2.24, 2.45) is 5.92 Å². The largest absolute Gasteiger partial charge is 0.493 e. The lowest BCUT2D eigenvalue weighted by molar-refractivity contribution is 0.160. The predicted octanol–water partition coefficient (Wildman–Crippen LogP) is 3.99. The summed E-state index contributed by atoms with van der Waals surface area (Å²) in [6.45, 7) is 2.27. The molecule has 6 heteroatoms. The van der Waals surface area contributed by atoms with Gasteiger partial charge in [0.1, 0.15) is 12.4 Å². The highest BCUT2D eigenvalue weighted by molar-refractivity contribution is 6.10. The van der Waals surface area contributed by atoms with Crippen LogP contribution in [-0.2, 0) is 0 Å². The fourth-order valence-electron chi connectivity index (χ4n) is 3.65. The van der Waals surface area contributed by atoms with Gasteiger partial charge in [0.2, 0.25) is 0 Å². The Morgan fingerprint density at radius 1 is 0.871 bits per heavy atom. The highest BCUT2D eigenvalue weighted by Gasteiger charge is 2.13. The van der Waals surface area contributed by atoms with Gasteiger partial charge in [-0.2, -0.15) is 0 Å². The van der Waals surface area contributed by atoms with Gasteiger partial charge in [0.25, 0.3) is 0 Å². The molecule has 0 bridgehead atoms. The molecule has 1 aromatic heterocycles. The van der Waals surface area contributed by atoms with Crippen LogP contribution in [0.2, 0.25) is 0 Å². The Labute approximate surface area is 181 Å². The van der Waals surface area contributed by atoms with E-state index in [0.717, 1.165) is 39.1 Å². The van der Waals surface area contributed by atoms with Crippen LogP contribution in [0.4, 0.5) is 0 Å². The summed E-state index contributed by atoms with van der Waals surface area (Å²) < 4.78 is 17.2. The number of aliphatic hydroxyl groups is 1. The Balaban J connectivity index is 1.29. The number of aromatic nitrogens is 1. The minimum Gasteiger partial charge on any atom is -0.493 e. The van der Waals surface area contributed by atoms with Gasteiger partial charge < -0.3 is 29.6 Å². The van der Waals surface area contributed by atoms with Gasteiger partial charge in [-0.3, -0.25) is 0 Å². The molecule has 0 aliphatic rings. The molecule has 0 amide bonds. The zero-order chi connectivity index (χ0) is 21.5. The van der Waals surface area contributed by atoms with E-state index >= 15 is 0 Å². The minimum absolute atomic E-state index is 0.0216. The van der Waals surface area contributed by atoms with Crippen molar-refractivity contribution in [1.82, 2.24) is 10.3 Å². The maximum atomic E-state index is 9.78. The number of fused-ring (bicyclic) bond motifs is 3. The number of nitrogens with one attached hydrogen (secondary N) is 2. The number of hydrogen-bond acceptors (Lipinski definition) is 5. The zero-order valence-corrected chi connectivity index (χ0v) is 17.6. The average Bonchev–Trinajstić information content (AvgIpc) is 3.20. The van der Waals surface area contributed by atoms with E-state index in [9.17, 15) is 5.11 Å². The van der Waals surface area contributed by atoms with Crippen LogP contribution in [0.5, 0.6) is 17.2 Å². The fourth-order valence-corrected chi connectivity index (χ4v) is 3.65. The molecule has 4 rings (SSSR count). The number of aliphatic hydroxyl groups excluding tert-OH is 1. The van der Waals surface area contributed by atoms with E-state index in [4.69, 9.17) is 14.2 Å². The Hall–Kier alpha value is -3.22. The fraction of sp³-hybridized carbons (Fsp3) is 0.280. The first-order chi connectivity index (χ1) is 15.3. The van der Waals surface area contributed by atoms with Crippen LogP contribution in [0.15, 0.2) is 66.7 Å². The van der Waals surface area contributed by atoms with Gasteiger partial charge in [-0.25, -0.2) is 0 Å². The van der Waals surface area contributed by atoms with Crippen molar-refractivity contribution >= 4 is 21.8 Å². The molecule has 0 radical (unpaired) electrons. The van der Waals surface area contributed by atoms with Gasteiger partial charge in [-0.1, -0.05) is 36.4 Å². The summed E-state index contributed by atoms with van der Waals surface area (Å²) in [5.74, 6) is 2.25. The highest BCUT2D eigenvalue weighted by Crippen LogP contribution is 2.33. The van der Waals surface area contributed by atoms with Gasteiger partial charge >= 0.3 is 0 Å². The lowest BCUT2D eigenvalue weighted by atomic mass is 10.1. The third-order valence-corrected chi connectivity index (χ3v) is 5.26. The van der Waals surface area contributed by atoms with Gasteiger partial charge in [0.05, 0.1) is 25.8 Å². The lowest BCUT2D eigenvalue weighted by Crippen LogP contribution is -2.32. The van der Waals surface area contributed by atoms with Crippen molar-refractivity contribution in [2.75, 3.05) is 40.0 Å². The molecule has 31 heavy (non-hydrogen) atoms. The third kappa shape index (κ3) is 4.93. The summed E-state index contributed by atoms with van der Waals surface area (Å²) in [4.78, 5) is 3.43. The molecule has 0 spiro atoms. The quantitative estimate of drug-likeness (QED) is 0.320. The summed E-state index contributed by atoms with van der Waals surface area (Å²) in [7, 11) is 1.63. The Kier molecular flexibility index (Phi) is 6.92. The predicted molar refractivity (Wildman–Crippen MR) is 123 cm³/mol. The maximum absolute atomic E-state index is 9.78. The summed E-state index contributed by atoms with van der Waals surface area (Å²) >= 11 is 0. The lowest BCUT2D eigenvalue weighted by Gasteiger charge is -2.17. The normalized spacial score (nSPS) is 12.2. The number of para-hydroxylation sites is 3. The van der Waals surface area contributed by atoms with Crippen LogP contribution < -0.4 is 19.5 Å². The molecule has 0 saturated carbocycles. The van der Waals surface area contributed by atoms with Crippen molar-refractivity contribution in [3.63, 3.8) is 0 Å². The second kappa shape index (κ2) is 10.2.